The second kappa shape index (κ2) is 6.98. The number of aromatic nitrogens is 1. The summed E-state index contributed by atoms with van der Waals surface area (Å²) in [4.78, 5) is 28.1. The number of carbonyl (C=O) groups is 1. The van der Waals surface area contributed by atoms with Crippen molar-refractivity contribution in [3.05, 3.63) is 74.9 Å². The van der Waals surface area contributed by atoms with Crippen LogP contribution in [0.3, 0.4) is 0 Å². The van der Waals surface area contributed by atoms with Gasteiger partial charge in [-0.05, 0) is 55.5 Å². The molecule has 0 spiro atoms. The molecule has 2 heterocycles. The van der Waals surface area contributed by atoms with Crippen LogP contribution in [0.1, 0.15) is 17.3 Å². The fourth-order valence-electron chi connectivity index (χ4n) is 2.64. The monoisotopic (exact) mass is 396 g/mol. The summed E-state index contributed by atoms with van der Waals surface area (Å²) in [5, 5.41) is 6.89. The zero-order valence-corrected chi connectivity index (χ0v) is 15.7. The molecular weight excluding hydrogens is 384 g/mol. The average Bonchev–Trinajstić information content (AvgIpc) is 3.10. The average molecular weight is 397 g/mol. The molecule has 5 nitrogen and oxygen atoms in total. The van der Waals surface area contributed by atoms with Crippen molar-refractivity contribution in [3.8, 4) is 11.3 Å². The maximum Gasteiger partial charge on any atom is 0.345 e. The zero-order chi connectivity index (χ0) is 19.0. The third kappa shape index (κ3) is 3.63. The number of nitrogens with one attached hydrogen (secondary N) is 1. The van der Waals surface area contributed by atoms with E-state index in [1.807, 2.05) is 12.1 Å². The molecule has 0 saturated heterocycles. The smallest absolute Gasteiger partial charge is 0.345 e. The topological polar surface area (TPSA) is 72.2 Å². The van der Waals surface area contributed by atoms with E-state index in [4.69, 9.17) is 16.0 Å². The Kier molecular flexibility index (Phi) is 4.51. The first-order valence-electron chi connectivity index (χ1n) is 8.07. The standard InChI is InChI=1S/C20H13ClN2O3S/c1-11(24)12-2-5-15(6-3-12)22-20-23-17(10-27-20)16-9-13-8-14(21)4-7-18(13)26-19(16)25/h2-10H,1H3,(H,22,23). The molecule has 0 unspecified atom stereocenters. The maximum absolute atomic E-state index is 12.3. The first-order valence-corrected chi connectivity index (χ1v) is 9.33. The number of carbonyl (C=O) groups excluding carboxylic acids is 1. The van der Waals surface area contributed by atoms with Gasteiger partial charge >= 0.3 is 5.63 Å². The van der Waals surface area contributed by atoms with Crippen LogP contribution in [0.2, 0.25) is 5.02 Å². The Bertz CT molecular complexity index is 1210. The fourth-order valence-corrected chi connectivity index (χ4v) is 3.55. The van der Waals surface area contributed by atoms with E-state index >= 15 is 0 Å². The van der Waals surface area contributed by atoms with E-state index in [0.29, 0.717) is 32.6 Å². The van der Waals surface area contributed by atoms with Gasteiger partial charge in [-0.2, -0.15) is 0 Å². The van der Waals surface area contributed by atoms with E-state index in [1.165, 1.54) is 18.3 Å². The van der Waals surface area contributed by atoms with E-state index in [2.05, 4.69) is 10.3 Å². The van der Waals surface area contributed by atoms with Gasteiger partial charge in [0.15, 0.2) is 10.9 Å². The van der Waals surface area contributed by atoms with Gasteiger partial charge in [-0.3, -0.25) is 4.79 Å². The first-order chi connectivity index (χ1) is 13.0. The second-order valence-corrected chi connectivity index (χ2v) is 7.22. The van der Waals surface area contributed by atoms with Gasteiger partial charge in [-0.15, -0.1) is 11.3 Å². The molecule has 134 valence electrons. The molecule has 0 atom stereocenters. The largest absolute Gasteiger partial charge is 0.422 e. The molecular formula is C20H13ClN2O3S. The van der Waals surface area contributed by atoms with Gasteiger partial charge < -0.3 is 9.73 Å². The normalized spacial score (nSPS) is 10.9. The molecule has 4 rings (SSSR count). The van der Waals surface area contributed by atoms with Crippen molar-refractivity contribution in [3.63, 3.8) is 0 Å². The van der Waals surface area contributed by atoms with Gasteiger partial charge in [-0.1, -0.05) is 11.6 Å². The van der Waals surface area contributed by atoms with E-state index in [0.717, 1.165) is 11.1 Å². The highest BCUT2D eigenvalue weighted by atomic mass is 35.5. The van der Waals surface area contributed by atoms with Crippen LogP contribution in [0.5, 0.6) is 0 Å². The number of Topliss-reactive ketones (excluding diaryl/α,β-unsaturated/α-hetero) is 1. The molecule has 7 heteroatoms. The second-order valence-electron chi connectivity index (χ2n) is 5.93. The van der Waals surface area contributed by atoms with Gasteiger partial charge in [0.2, 0.25) is 0 Å². The van der Waals surface area contributed by atoms with Crippen LogP contribution in [0, 0.1) is 0 Å². The SMILES string of the molecule is CC(=O)c1ccc(Nc2nc(-c3cc4cc(Cl)ccc4oc3=O)cs2)cc1. The van der Waals surface area contributed by atoms with Gasteiger partial charge in [0.1, 0.15) is 5.58 Å². The predicted octanol–water partition coefficient (Wildman–Crippen LogP) is 5.52. The molecule has 1 N–H and O–H groups in total. The van der Waals surface area contributed by atoms with Crippen molar-refractivity contribution >= 4 is 50.5 Å². The van der Waals surface area contributed by atoms with Gasteiger partial charge in [0.25, 0.3) is 0 Å². The molecule has 0 aliphatic carbocycles. The molecule has 0 aliphatic heterocycles. The highest BCUT2D eigenvalue weighted by Crippen LogP contribution is 2.28. The lowest BCUT2D eigenvalue weighted by Crippen LogP contribution is -2.03. The number of thiazole rings is 1. The third-order valence-electron chi connectivity index (χ3n) is 4.02. The van der Waals surface area contributed by atoms with Crippen molar-refractivity contribution in [2.45, 2.75) is 6.92 Å². The van der Waals surface area contributed by atoms with E-state index in [-0.39, 0.29) is 5.78 Å². The Hall–Kier alpha value is -2.96. The van der Waals surface area contributed by atoms with Crippen LogP contribution in [0.15, 0.2) is 63.1 Å². The Morgan fingerprint density at radius 3 is 2.67 bits per heavy atom. The Morgan fingerprint density at radius 1 is 1.15 bits per heavy atom. The highest BCUT2D eigenvalue weighted by molar-refractivity contribution is 7.14. The van der Waals surface area contributed by atoms with Crippen molar-refractivity contribution in [1.29, 1.82) is 0 Å². The highest BCUT2D eigenvalue weighted by Gasteiger charge is 2.12. The van der Waals surface area contributed by atoms with Crippen LogP contribution in [-0.2, 0) is 0 Å². The molecule has 27 heavy (non-hydrogen) atoms. The minimum atomic E-state index is -0.451. The molecule has 0 radical (unpaired) electrons. The van der Waals surface area contributed by atoms with E-state index in [9.17, 15) is 9.59 Å². The number of benzene rings is 2. The van der Waals surface area contributed by atoms with Crippen LogP contribution < -0.4 is 10.9 Å². The van der Waals surface area contributed by atoms with Gasteiger partial charge in [0, 0.05) is 27.0 Å². The number of rotatable bonds is 4. The first kappa shape index (κ1) is 17.5. The molecule has 2 aromatic heterocycles. The lowest BCUT2D eigenvalue weighted by atomic mass is 10.1. The number of hydrogen-bond acceptors (Lipinski definition) is 6. The molecule has 0 aliphatic rings. The Morgan fingerprint density at radius 2 is 1.93 bits per heavy atom. The van der Waals surface area contributed by atoms with E-state index < -0.39 is 5.63 Å². The fraction of sp³-hybridized carbons (Fsp3) is 0.0500. The van der Waals surface area contributed by atoms with Crippen molar-refractivity contribution in [2.75, 3.05) is 5.32 Å². The predicted molar refractivity (Wildman–Crippen MR) is 108 cm³/mol. The summed E-state index contributed by atoms with van der Waals surface area (Å²) in [6.07, 6.45) is 0. The Balaban J connectivity index is 1.64. The van der Waals surface area contributed by atoms with Crippen LogP contribution in [0.25, 0.3) is 22.2 Å². The van der Waals surface area contributed by atoms with E-state index in [1.54, 1.807) is 41.8 Å². The zero-order valence-electron chi connectivity index (χ0n) is 14.2. The molecule has 2 aromatic carbocycles. The summed E-state index contributed by atoms with van der Waals surface area (Å²) >= 11 is 7.39. The lowest BCUT2D eigenvalue weighted by Gasteiger charge is -2.03. The summed E-state index contributed by atoms with van der Waals surface area (Å²) in [6, 6.07) is 13.9. The van der Waals surface area contributed by atoms with Crippen LogP contribution in [-0.4, -0.2) is 10.8 Å². The van der Waals surface area contributed by atoms with Crippen molar-refractivity contribution in [1.82, 2.24) is 4.98 Å². The minimum absolute atomic E-state index is 0.0150. The summed E-state index contributed by atoms with van der Waals surface area (Å²) in [7, 11) is 0. The number of nitrogens with zero attached hydrogens (tertiary/aromatic N) is 1. The minimum Gasteiger partial charge on any atom is -0.422 e. The van der Waals surface area contributed by atoms with Crippen molar-refractivity contribution in [2.24, 2.45) is 0 Å². The quantitative estimate of drug-likeness (QED) is 0.363. The molecule has 0 amide bonds. The lowest BCUT2D eigenvalue weighted by molar-refractivity contribution is 0.101. The number of hydrogen-bond donors (Lipinski definition) is 1. The van der Waals surface area contributed by atoms with Crippen LogP contribution >= 0.6 is 22.9 Å². The number of anilines is 2. The summed E-state index contributed by atoms with van der Waals surface area (Å²) in [5.74, 6) is 0.0150. The molecule has 0 saturated carbocycles. The number of fused-ring (bicyclic) bond motifs is 1. The number of ketones is 1. The third-order valence-corrected chi connectivity index (χ3v) is 5.01. The Labute approximate surface area is 163 Å². The molecule has 0 fully saturated rings. The van der Waals surface area contributed by atoms with Gasteiger partial charge in [0.05, 0.1) is 11.3 Å². The number of halogens is 1. The summed E-state index contributed by atoms with van der Waals surface area (Å²) in [5.41, 5.74) is 2.38. The van der Waals surface area contributed by atoms with Gasteiger partial charge in [-0.25, -0.2) is 9.78 Å². The van der Waals surface area contributed by atoms with Crippen LogP contribution in [0.4, 0.5) is 10.8 Å². The molecule has 4 aromatic rings. The van der Waals surface area contributed by atoms with Crippen molar-refractivity contribution < 1.29 is 9.21 Å². The molecule has 0 bridgehead atoms. The summed E-state index contributed by atoms with van der Waals surface area (Å²) < 4.78 is 5.36. The maximum atomic E-state index is 12.3. The summed E-state index contributed by atoms with van der Waals surface area (Å²) in [6.45, 7) is 1.53.